The lowest BCUT2D eigenvalue weighted by molar-refractivity contribution is -0.116. The molecule has 0 fully saturated rings. The van der Waals surface area contributed by atoms with Crippen molar-refractivity contribution in [2.45, 2.75) is 18.6 Å². The van der Waals surface area contributed by atoms with E-state index in [1.165, 1.54) is 17.8 Å². The summed E-state index contributed by atoms with van der Waals surface area (Å²) in [6.07, 6.45) is 3.08. The first-order chi connectivity index (χ1) is 18.3. The molecule has 0 saturated carbocycles. The zero-order chi connectivity index (χ0) is 27.5. The highest BCUT2D eigenvalue weighted by molar-refractivity contribution is 7.99. The first-order valence-electron chi connectivity index (χ1n) is 11.6. The van der Waals surface area contributed by atoms with E-state index in [1.807, 2.05) is 6.07 Å². The van der Waals surface area contributed by atoms with E-state index in [4.69, 9.17) is 14.2 Å². The number of hydrogen-bond donors (Lipinski definition) is 2. The standard InChI is InChI=1S/C26H29N5O6S/c1-5-37-25(34)18-8-10-19(11-9-18)28-24(33)16-38-26-30-29-22(31(26)2)15-27-23(32)13-7-17-6-12-20(35-3)21(14-17)36-4/h6-14H,5,15-16H2,1-4H3,(H,27,32)(H,28,33)/b13-7+. The van der Waals surface area contributed by atoms with Crippen LogP contribution in [-0.2, 0) is 27.9 Å². The van der Waals surface area contributed by atoms with Gasteiger partial charge in [-0.1, -0.05) is 17.8 Å². The zero-order valence-corrected chi connectivity index (χ0v) is 22.3. The molecule has 0 aliphatic rings. The third-order valence-electron chi connectivity index (χ3n) is 5.19. The van der Waals surface area contributed by atoms with Gasteiger partial charge >= 0.3 is 5.97 Å². The van der Waals surface area contributed by atoms with Crippen LogP contribution in [0, 0.1) is 0 Å². The Kier molecular flexibility index (Phi) is 10.3. The van der Waals surface area contributed by atoms with Crippen LogP contribution in [0.2, 0.25) is 0 Å². The predicted molar refractivity (Wildman–Crippen MR) is 143 cm³/mol. The number of nitrogens with one attached hydrogen (secondary N) is 2. The van der Waals surface area contributed by atoms with Crippen LogP contribution in [0.5, 0.6) is 11.5 Å². The van der Waals surface area contributed by atoms with Crippen LogP contribution in [0.1, 0.15) is 28.7 Å². The molecule has 0 bridgehead atoms. The molecule has 0 radical (unpaired) electrons. The SMILES string of the molecule is CCOC(=O)c1ccc(NC(=O)CSc2nnc(CNC(=O)/C=C/c3ccc(OC)c(OC)c3)n2C)cc1. The molecule has 2 aromatic carbocycles. The largest absolute Gasteiger partial charge is 0.493 e. The molecule has 3 rings (SSSR count). The van der Waals surface area contributed by atoms with E-state index in [-0.39, 0.29) is 24.1 Å². The molecule has 1 heterocycles. The van der Waals surface area contributed by atoms with Crippen molar-refractivity contribution >= 4 is 41.3 Å². The van der Waals surface area contributed by atoms with E-state index in [9.17, 15) is 14.4 Å². The molecule has 0 saturated heterocycles. The Bertz CT molecular complexity index is 1310. The lowest BCUT2D eigenvalue weighted by Crippen LogP contribution is -2.22. The van der Waals surface area contributed by atoms with E-state index in [0.29, 0.717) is 40.3 Å². The van der Waals surface area contributed by atoms with E-state index in [1.54, 1.807) is 75.2 Å². The third kappa shape index (κ3) is 7.84. The lowest BCUT2D eigenvalue weighted by Gasteiger charge is -2.07. The van der Waals surface area contributed by atoms with Crippen molar-refractivity contribution in [1.29, 1.82) is 0 Å². The topological polar surface area (TPSA) is 134 Å². The molecule has 0 unspecified atom stereocenters. The summed E-state index contributed by atoms with van der Waals surface area (Å²) in [7, 11) is 4.86. The molecular weight excluding hydrogens is 510 g/mol. The fraction of sp³-hybridized carbons (Fsp3) is 0.269. The number of benzene rings is 2. The normalized spacial score (nSPS) is 10.7. The number of aromatic nitrogens is 3. The molecule has 0 aliphatic heterocycles. The number of nitrogens with zero attached hydrogens (tertiary/aromatic N) is 3. The van der Waals surface area contributed by atoms with Gasteiger partial charge in [0.2, 0.25) is 11.8 Å². The highest BCUT2D eigenvalue weighted by Gasteiger charge is 2.13. The maximum Gasteiger partial charge on any atom is 0.338 e. The number of amides is 2. The molecule has 3 aromatic rings. The molecule has 38 heavy (non-hydrogen) atoms. The van der Waals surface area contributed by atoms with Crippen LogP contribution in [0.3, 0.4) is 0 Å². The number of esters is 1. The van der Waals surface area contributed by atoms with E-state index >= 15 is 0 Å². The monoisotopic (exact) mass is 539 g/mol. The van der Waals surface area contributed by atoms with Gasteiger partial charge < -0.3 is 29.4 Å². The van der Waals surface area contributed by atoms with Crippen molar-refractivity contribution in [3.8, 4) is 11.5 Å². The van der Waals surface area contributed by atoms with Crippen molar-refractivity contribution in [3.05, 3.63) is 65.5 Å². The minimum atomic E-state index is -0.413. The summed E-state index contributed by atoms with van der Waals surface area (Å²) >= 11 is 1.21. The van der Waals surface area contributed by atoms with Crippen molar-refractivity contribution in [3.63, 3.8) is 0 Å². The molecule has 12 heteroatoms. The molecule has 1 aromatic heterocycles. The molecule has 11 nitrogen and oxygen atoms in total. The Morgan fingerprint density at radius 3 is 2.45 bits per heavy atom. The summed E-state index contributed by atoms with van der Waals surface area (Å²) in [5.74, 6) is 0.861. The van der Waals surface area contributed by atoms with E-state index in [0.717, 1.165) is 5.56 Å². The minimum absolute atomic E-state index is 0.103. The molecule has 2 N–H and O–H groups in total. The van der Waals surface area contributed by atoms with Crippen molar-refractivity contribution < 1.29 is 28.6 Å². The van der Waals surface area contributed by atoms with Gasteiger partial charge in [0, 0.05) is 18.8 Å². The molecule has 0 aliphatic carbocycles. The van der Waals surface area contributed by atoms with Crippen LogP contribution in [0.15, 0.2) is 53.7 Å². The molecular formula is C26H29N5O6S. The highest BCUT2D eigenvalue weighted by atomic mass is 32.2. The maximum atomic E-state index is 12.3. The number of carbonyl (C=O) groups is 3. The highest BCUT2D eigenvalue weighted by Crippen LogP contribution is 2.28. The summed E-state index contributed by atoms with van der Waals surface area (Å²) in [4.78, 5) is 36.3. The predicted octanol–water partition coefficient (Wildman–Crippen LogP) is 3.07. The number of thioether (sulfide) groups is 1. The van der Waals surface area contributed by atoms with Crippen LogP contribution >= 0.6 is 11.8 Å². The number of carbonyl (C=O) groups excluding carboxylic acids is 3. The number of ether oxygens (including phenoxy) is 3. The zero-order valence-electron chi connectivity index (χ0n) is 21.5. The van der Waals surface area contributed by atoms with Gasteiger partial charge in [0.05, 0.1) is 38.7 Å². The van der Waals surface area contributed by atoms with Crippen LogP contribution in [0.4, 0.5) is 5.69 Å². The van der Waals surface area contributed by atoms with Gasteiger partial charge in [0.25, 0.3) is 0 Å². The van der Waals surface area contributed by atoms with Gasteiger partial charge in [0.1, 0.15) is 0 Å². The van der Waals surface area contributed by atoms with Gasteiger partial charge in [0.15, 0.2) is 22.5 Å². The molecule has 200 valence electrons. The Hall–Kier alpha value is -4.32. The first-order valence-corrected chi connectivity index (χ1v) is 12.6. The lowest BCUT2D eigenvalue weighted by atomic mass is 10.2. The Morgan fingerprint density at radius 2 is 1.76 bits per heavy atom. The second-order valence-electron chi connectivity index (χ2n) is 7.76. The van der Waals surface area contributed by atoms with E-state index in [2.05, 4.69) is 20.8 Å². The Labute approximate surface area is 224 Å². The Morgan fingerprint density at radius 1 is 1.03 bits per heavy atom. The number of rotatable bonds is 12. The third-order valence-corrected chi connectivity index (χ3v) is 6.21. The molecule has 0 atom stereocenters. The second kappa shape index (κ2) is 13.8. The van der Waals surface area contributed by atoms with Crippen LogP contribution in [-0.4, -0.2) is 59.1 Å². The number of anilines is 1. The summed E-state index contributed by atoms with van der Waals surface area (Å²) in [6, 6.07) is 11.8. The summed E-state index contributed by atoms with van der Waals surface area (Å²) in [5, 5.41) is 14.3. The average molecular weight is 540 g/mol. The van der Waals surface area contributed by atoms with E-state index < -0.39 is 5.97 Å². The number of hydrogen-bond acceptors (Lipinski definition) is 9. The van der Waals surface area contributed by atoms with Crippen LogP contribution < -0.4 is 20.1 Å². The average Bonchev–Trinajstić information content (AvgIpc) is 3.28. The second-order valence-corrected chi connectivity index (χ2v) is 8.70. The molecule has 0 spiro atoms. The smallest absolute Gasteiger partial charge is 0.338 e. The fourth-order valence-electron chi connectivity index (χ4n) is 3.21. The van der Waals surface area contributed by atoms with Crippen molar-refractivity contribution in [1.82, 2.24) is 20.1 Å². The quantitative estimate of drug-likeness (QED) is 0.202. The van der Waals surface area contributed by atoms with Gasteiger partial charge in [-0.05, 0) is 55.0 Å². The van der Waals surface area contributed by atoms with Gasteiger partial charge in [-0.2, -0.15) is 0 Å². The summed E-state index contributed by atoms with van der Waals surface area (Å²) < 4.78 is 17.1. The maximum absolute atomic E-state index is 12.3. The Balaban J connectivity index is 1.47. The van der Waals surface area contributed by atoms with Gasteiger partial charge in [-0.3, -0.25) is 9.59 Å². The fourth-order valence-corrected chi connectivity index (χ4v) is 3.94. The van der Waals surface area contributed by atoms with Crippen molar-refractivity contribution in [2.24, 2.45) is 7.05 Å². The first kappa shape index (κ1) is 28.3. The van der Waals surface area contributed by atoms with Crippen LogP contribution in [0.25, 0.3) is 6.08 Å². The van der Waals surface area contributed by atoms with Crippen molar-refractivity contribution in [2.75, 3.05) is 31.9 Å². The summed E-state index contributed by atoms with van der Waals surface area (Å²) in [5.41, 5.74) is 1.75. The molecule has 2 amide bonds. The minimum Gasteiger partial charge on any atom is -0.493 e. The number of methoxy groups -OCH3 is 2. The van der Waals surface area contributed by atoms with Gasteiger partial charge in [-0.25, -0.2) is 4.79 Å². The van der Waals surface area contributed by atoms with Gasteiger partial charge in [-0.15, -0.1) is 10.2 Å². The summed E-state index contributed by atoms with van der Waals surface area (Å²) in [6.45, 7) is 2.20.